The van der Waals surface area contributed by atoms with Gasteiger partial charge in [0.2, 0.25) is 0 Å². The van der Waals surface area contributed by atoms with Crippen LogP contribution in [0.2, 0.25) is 0 Å². The highest BCUT2D eigenvalue weighted by molar-refractivity contribution is 7.90. The third-order valence-electron chi connectivity index (χ3n) is 4.29. The third kappa shape index (κ3) is 5.34. The van der Waals surface area contributed by atoms with E-state index in [-0.39, 0.29) is 17.4 Å². The van der Waals surface area contributed by atoms with Gasteiger partial charge in [-0.3, -0.25) is 0 Å². The predicted molar refractivity (Wildman–Crippen MR) is 83.8 cm³/mol. The Morgan fingerprint density at radius 1 is 1.40 bits per heavy atom. The number of hydrogen-bond donors (Lipinski definition) is 1. The molecule has 1 aliphatic rings. The third-order valence-corrected chi connectivity index (χ3v) is 5.26. The molecular weight excluding hydrogens is 274 g/mol. The molecule has 1 aliphatic carbocycles. The van der Waals surface area contributed by atoms with Crippen molar-refractivity contribution in [1.82, 2.24) is 5.32 Å². The Bertz CT molecular complexity index is 379. The van der Waals surface area contributed by atoms with Crippen LogP contribution in [0.15, 0.2) is 0 Å². The smallest absolute Gasteiger partial charge is 0.147 e. The maximum absolute atomic E-state index is 11.5. The van der Waals surface area contributed by atoms with Crippen molar-refractivity contribution >= 4 is 9.84 Å². The van der Waals surface area contributed by atoms with Crippen LogP contribution in [0.3, 0.4) is 0 Å². The van der Waals surface area contributed by atoms with Crippen LogP contribution in [-0.4, -0.2) is 45.2 Å². The molecule has 0 saturated heterocycles. The number of likely N-dealkylation sites (N-methyl/N-ethyl adjacent to an activating group) is 1. The minimum atomic E-state index is -2.93. The van der Waals surface area contributed by atoms with E-state index in [4.69, 9.17) is 4.74 Å². The first-order valence-corrected chi connectivity index (χ1v) is 9.94. The molecule has 1 N–H and O–H groups in total. The highest BCUT2D eigenvalue weighted by atomic mass is 32.2. The van der Waals surface area contributed by atoms with Gasteiger partial charge < -0.3 is 10.1 Å². The summed E-state index contributed by atoms with van der Waals surface area (Å²) in [5.74, 6) is 0.878. The molecule has 3 atom stereocenters. The van der Waals surface area contributed by atoms with Crippen LogP contribution in [0.5, 0.6) is 0 Å². The van der Waals surface area contributed by atoms with Crippen LogP contribution >= 0.6 is 0 Å². The molecule has 0 aromatic carbocycles. The maximum atomic E-state index is 11.5. The molecule has 1 fully saturated rings. The summed E-state index contributed by atoms with van der Waals surface area (Å²) in [6.45, 7) is 7.90. The van der Waals surface area contributed by atoms with Crippen molar-refractivity contribution < 1.29 is 13.2 Å². The average molecular weight is 305 g/mol. The second-order valence-electron chi connectivity index (χ2n) is 6.23. The van der Waals surface area contributed by atoms with Crippen LogP contribution in [0.4, 0.5) is 0 Å². The molecule has 1 rings (SSSR count). The molecule has 4 nitrogen and oxygen atoms in total. The van der Waals surface area contributed by atoms with E-state index in [1.807, 2.05) is 6.92 Å². The summed E-state index contributed by atoms with van der Waals surface area (Å²) in [6.07, 6.45) is 6.43. The van der Waals surface area contributed by atoms with Gasteiger partial charge >= 0.3 is 0 Å². The number of hydrogen-bond acceptors (Lipinski definition) is 4. The number of nitrogens with one attached hydrogen (secondary N) is 1. The topological polar surface area (TPSA) is 55.4 Å². The quantitative estimate of drug-likeness (QED) is 0.748. The Labute approximate surface area is 124 Å². The van der Waals surface area contributed by atoms with Crippen LogP contribution in [0.1, 0.15) is 52.9 Å². The largest absolute Gasteiger partial charge is 0.374 e. The van der Waals surface area contributed by atoms with E-state index >= 15 is 0 Å². The first-order chi connectivity index (χ1) is 9.33. The summed E-state index contributed by atoms with van der Waals surface area (Å²) < 4.78 is 29.1. The fourth-order valence-corrected chi connectivity index (χ4v) is 4.17. The van der Waals surface area contributed by atoms with Crippen LogP contribution in [0, 0.1) is 5.92 Å². The first kappa shape index (κ1) is 17.9. The highest BCUT2D eigenvalue weighted by Gasteiger charge is 2.42. The molecule has 3 unspecified atom stereocenters. The average Bonchev–Trinajstić information content (AvgIpc) is 2.33. The van der Waals surface area contributed by atoms with Gasteiger partial charge in [-0.15, -0.1) is 0 Å². The highest BCUT2D eigenvalue weighted by Crippen LogP contribution is 2.38. The Balaban J connectivity index is 2.86. The van der Waals surface area contributed by atoms with Crippen LogP contribution in [-0.2, 0) is 14.6 Å². The lowest BCUT2D eigenvalue weighted by Gasteiger charge is -2.45. The lowest BCUT2D eigenvalue weighted by atomic mass is 9.73. The fraction of sp³-hybridized carbons (Fsp3) is 1.00. The second-order valence-corrected chi connectivity index (χ2v) is 8.49. The van der Waals surface area contributed by atoms with Crippen LogP contribution in [0.25, 0.3) is 0 Å². The minimum absolute atomic E-state index is 0.130. The van der Waals surface area contributed by atoms with E-state index in [0.717, 1.165) is 19.4 Å². The van der Waals surface area contributed by atoms with E-state index in [1.165, 1.54) is 19.1 Å². The van der Waals surface area contributed by atoms with E-state index in [1.54, 1.807) is 0 Å². The standard InChI is InChI=1S/C15H31NO3S/c1-5-16-14(9-11-20(4,17)18)15(19-6-2)10-7-8-13(3)12-15/h13-14,16H,5-12H2,1-4H3. The van der Waals surface area contributed by atoms with Crippen molar-refractivity contribution in [1.29, 1.82) is 0 Å². The van der Waals surface area contributed by atoms with Crippen molar-refractivity contribution in [3.8, 4) is 0 Å². The van der Waals surface area contributed by atoms with Crippen molar-refractivity contribution in [3.63, 3.8) is 0 Å². The number of sulfone groups is 1. The van der Waals surface area contributed by atoms with Gasteiger partial charge in [0.25, 0.3) is 0 Å². The SMILES string of the molecule is CCNC(CCS(C)(=O)=O)C1(OCC)CCCC(C)C1. The Hall–Kier alpha value is -0.130. The van der Waals surface area contributed by atoms with Crippen molar-refractivity contribution in [2.24, 2.45) is 5.92 Å². The molecule has 0 aliphatic heterocycles. The molecule has 20 heavy (non-hydrogen) atoms. The molecular formula is C15H31NO3S. The molecule has 0 aromatic heterocycles. The lowest BCUT2D eigenvalue weighted by molar-refractivity contribution is -0.100. The molecule has 0 heterocycles. The van der Waals surface area contributed by atoms with Crippen molar-refractivity contribution in [3.05, 3.63) is 0 Å². The molecule has 5 heteroatoms. The predicted octanol–water partition coefficient (Wildman–Crippen LogP) is 2.38. The molecule has 0 radical (unpaired) electrons. The molecule has 0 aromatic rings. The Morgan fingerprint density at radius 2 is 2.10 bits per heavy atom. The van der Waals surface area contributed by atoms with E-state index in [0.29, 0.717) is 18.9 Å². The lowest BCUT2D eigenvalue weighted by Crippen LogP contribution is -2.55. The van der Waals surface area contributed by atoms with E-state index in [9.17, 15) is 8.42 Å². The molecule has 0 bridgehead atoms. The summed E-state index contributed by atoms with van der Waals surface area (Å²) in [7, 11) is -2.93. The summed E-state index contributed by atoms with van der Waals surface area (Å²) in [5, 5.41) is 3.48. The van der Waals surface area contributed by atoms with Crippen molar-refractivity contribution in [2.75, 3.05) is 25.2 Å². The van der Waals surface area contributed by atoms with Crippen molar-refractivity contribution in [2.45, 2.75) is 64.5 Å². The summed E-state index contributed by atoms with van der Waals surface area (Å²) in [4.78, 5) is 0. The molecule has 120 valence electrons. The maximum Gasteiger partial charge on any atom is 0.147 e. The zero-order valence-corrected chi connectivity index (χ0v) is 14.3. The normalized spacial score (nSPS) is 29.3. The Morgan fingerprint density at radius 3 is 2.60 bits per heavy atom. The molecule has 0 spiro atoms. The minimum Gasteiger partial charge on any atom is -0.374 e. The number of rotatable bonds is 8. The van der Waals surface area contributed by atoms with Gasteiger partial charge in [0.15, 0.2) is 0 Å². The van der Waals surface area contributed by atoms with Gasteiger partial charge in [0.05, 0.1) is 11.4 Å². The summed E-state index contributed by atoms with van der Waals surface area (Å²) in [5.41, 5.74) is -0.187. The molecule has 0 amide bonds. The monoisotopic (exact) mass is 305 g/mol. The van der Waals surface area contributed by atoms with Gasteiger partial charge in [-0.1, -0.05) is 26.7 Å². The summed E-state index contributed by atoms with van der Waals surface area (Å²) in [6, 6.07) is 0.130. The number of ether oxygens (including phenoxy) is 1. The zero-order valence-electron chi connectivity index (χ0n) is 13.4. The molecule has 1 saturated carbocycles. The fourth-order valence-electron chi connectivity index (χ4n) is 3.51. The Kier molecular flexibility index (Phi) is 6.95. The first-order valence-electron chi connectivity index (χ1n) is 7.88. The van der Waals surface area contributed by atoms with Gasteiger partial charge in [-0.2, -0.15) is 0 Å². The van der Waals surface area contributed by atoms with Gasteiger partial charge in [0, 0.05) is 18.9 Å². The van der Waals surface area contributed by atoms with Gasteiger partial charge in [-0.05, 0) is 38.6 Å². The van der Waals surface area contributed by atoms with Gasteiger partial charge in [0.1, 0.15) is 9.84 Å². The second kappa shape index (κ2) is 7.76. The zero-order chi connectivity index (χ0) is 15.2. The van der Waals surface area contributed by atoms with Crippen LogP contribution < -0.4 is 5.32 Å². The van der Waals surface area contributed by atoms with Gasteiger partial charge in [-0.25, -0.2) is 8.42 Å². The summed E-state index contributed by atoms with van der Waals surface area (Å²) >= 11 is 0. The van der Waals surface area contributed by atoms with E-state index < -0.39 is 9.84 Å². The van der Waals surface area contributed by atoms with E-state index in [2.05, 4.69) is 19.2 Å².